The molecule has 1 aliphatic rings. The summed E-state index contributed by atoms with van der Waals surface area (Å²) in [6, 6.07) is 7.89. The van der Waals surface area contributed by atoms with Gasteiger partial charge in [-0.05, 0) is 18.8 Å². The zero-order valence-electron chi connectivity index (χ0n) is 9.78. The Kier molecular flexibility index (Phi) is 3.77. The fourth-order valence-electron chi connectivity index (χ4n) is 2.56. The molecule has 0 aromatic heterocycles. The number of alkyl halides is 2. The van der Waals surface area contributed by atoms with E-state index in [2.05, 4.69) is 0 Å². The Hall–Kier alpha value is -0.960. The summed E-state index contributed by atoms with van der Waals surface area (Å²) in [6.45, 7) is 0. The Morgan fingerprint density at radius 2 is 1.76 bits per heavy atom. The van der Waals surface area contributed by atoms with Crippen molar-refractivity contribution in [2.24, 2.45) is 5.92 Å². The molecule has 2 rings (SSSR count). The molecule has 0 amide bonds. The van der Waals surface area contributed by atoms with Gasteiger partial charge in [0.2, 0.25) is 0 Å². The van der Waals surface area contributed by atoms with Crippen molar-refractivity contribution >= 4 is 0 Å². The van der Waals surface area contributed by atoms with Gasteiger partial charge in [-0.25, -0.2) is 8.78 Å². The fraction of sp³-hybridized carbons (Fsp3) is 0.571. The van der Waals surface area contributed by atoms with E-state index in [4.69, 9.17) is 0 Å². The number of benzene rings is 1. The van der Waals surface area contributed by atoms with Crippen LogP contribution in [0, 0.1) is 5.92 Å². The second kappa shape index (κ2) is 5.13. The Balaban J connectivity index is 2.06. The van der Waals surface area contributed by atoms with Crippen LogP contribution in [0.2, 0.25) is 0 Å². The van der Waals surface area contributed by atoms with E-state index >= 15 is 0 Å². The molecule has 2 atom stereocenters. The normalized spacial score (nSPS) is 25.8. The highest BCUT2D eigenvalue weighted by atomic mass is 19.3. The van der Waals surface area contributed by atoms with Gasteiger partial charge < -0.3 is 5.11 Å². The smallest absolute Gasteiger partial charge is 0.273 e. The van der Waals surface area contributed by atoms with Crippen molar-refractivity contribution in [3.8, 4) is 0 Å². The van der Waals surface area contributed by atoms with Crippen molar-refractivity contribution in [2.75, 3.05) is 0 Å². The van der Waals surface area contributed by atoms with Gasteiger partial charge in [0, 0.05) is 12.0 Å². The zero-order valence-corrected chi connectivity index (χ0v) is 9.78. The van der Waals surface area contributed by atoms with Gasteiger partial charge >= 0.3 is 0 Å². The largest absolute Gasteiger partial charge is 0.393 e. The highest BCUT2D eigenvalue weighted by Crippen LogP contribution is 2.39. The molecular formula is C14H18F2O. The molecule has 1 saturated carbocycles. The summed E-state index contributed by atoms with van der Waals surface area (Å²) in [4.78, 5) is 0. The van der Waals surface area contributed by atoms with E-state index in [1.165, 1.54) is 12.1 Å². The number of hydrogen-bond donors (Lipinski definition) is 1. The SMILES string of the molecule is OC1CCCCC1CC(F)(F)c1ccccc1. The molecule has 0 aliphatic heterocycles. The average Bonchev–Trinajstić information content (AvgIpc) is 2.33. The highest BCUT2D eigenvalue weighted by molar-refractivity contribution is 5.20. The predicted octanol–water partition coefficient (Wildman–Crippen LogP) is 3.72. The van der Waals surface area contributed by atoms with Crippen molar-refractivity contribution in [3.63, 3.8) is 0 Å². The van der Waals surface area contributed by atoms with Crippen LogP contribution in [-0.2, 0) is 5.92 Å². The molecule has 1 aliphatic carbocycles. The van der Waals surface area contributed by atoms with E-state index in [0.29, 0.717) is 12.8 Å². The predicted molar refractivity (Wildman–Crippen MR) is 62.9 cm³/mol. The van der Waals surface area contributed by atoms with Gasteiger partial charge in [-0.3, -0.25) is 0 Å². The van der Waals surface area contributed by atoms with Crippen molar-refractivity contribution in [3.05, 3.63) is 35.9 Å². The van der Waals surface area contributed by atoms with Crippen molar-refractivity contribution in [1.29, 1.82) is 0 Å². The lowest BCUT2D eigenvalue weighted by molar-refractivity contribution is -0.0587. The van der Waals surface area contributed by atoms with Crippen LogP contribution in [0.25, 0.3) is 0 Å². The van der Waals surface area contributed by atoms with Gasteiger partial charge in [0.05, 0.1) is 6.10 Å². The lowest BCUT2D eigenvalue weighted by atomic mass is 9.81. The maximum Gasteiger partial charge on any atom is 0.273 e. The van der Waals surface area contributed by atoms with Crippen LogP contribution >= 0.6 is 0 Å². The molecule has 3 heteroatoms. The van der Waals surface area contributed by atoms with Crippen LogP contribution in [0.1, 0.15) is 37.7 Å². The number of rotatable bonds is 3. The molecule has 0 saturated heterocycles. The third kappa shape index (κ3) is 3.03. The molecule has 1 aromatic rings. The summed E-state index contributed by atoms with van der Waals surface area (Å²) in [6.07, 6.45) is 2.48. The second-order valence-electron chi connectivity index (χ2n) is 4.89. The van der Waals surface area contributed by atoms with Gasteiger partial charge in [-0.1, -0.05) is 43.2 Å². The molecule has 0 spiro atoms. The molecule has 1 N–H and O–H groups in total. The fourth-order valence-corrected chi connectivity index (χ4v) is 2.56. The van der Waals surface area contributed by atoms with Crippen LogP contribution in [0.15, 0.2) is 30.3 Å². The van der Waals surface area contributed by atoms with Crippen LogP contribution in [0.4, 0.5) is 8.78 Å². The van der Waals surface area contributed by atoms with E-state index < -0.39 is 12.0 Å². The quantitative estimate of drug-likeness (QED) is 0.853. The maximum atomic E-state index is 14.0. The lowest BCUT2D eigenvalue weighted by Gasteiger charge is -2.30. The van der Waals surface area contributed by atoms with Crippen LogP contribution in [0.3, 0.4) is 0 Å². The van der Waals surface area contributed by atoms with Gasteiger partial charge in [-0.2, -0.15) is 0 Å². The minimum absolute atomic E-state index is 0.0535. The molecule has 0 bridgehead atoms. The Morgan fingerprint density at radius 3 is 2.41 bits per heavy atom. The summed E-state index contributed by atoms with van der Waals surface area (Å²) in [5.41, 5.74) is 0.0535. The van der Waals surface area contributed by atoms with E-state index in [0.717, 1.165) is 12.8 Å². The zero-order chi connectivity index (χ0) is 12.3. The molecule has 1 aromatic carbocycles. The third-order valence-corrected chi connectivity index (χ3v) is 3.58. The topological polar surface area (TPSA) is 20.2 Å². The maximum absolute atomic E-state index is 14.0. The average molecular weight is 240 g/mol. The van der Waals surface area contributed by atoms with Gasteiger partial charge in [0.1, 0.15) is 0 Å². The van der Waals surface area contributed by atoms with Crippen molar-refractivity contribution < 1.29 is 13.9 Å². The minimum atomic E-state index is -2.83. The van der Waals surface area contributed by atoms with Crippen LogP contribution in [0.5, 0.6) is 0 Å². The molecule has 2 unspecified atom stereocenters. The Morgan fingerprint density at radius 1 is 1.12 bits per heavy atom. The molecule has 0 heterocycles. The molecule has 0 radical (unpaired) electrons. The van der Waals surface area contributed by atoms with Crippen molar-refractivity contribution in [2.45, 2.75) is 44.1 Å². The summed E-state index contributed by atoms with van der Waals surface area (Å²) < 4.78 is 28.0. The van der Waals surface area contributed by atoms with E-state index in [1.54, 1.807) is 18.2 Å². The van der Waals surface area contributed by atoms with Crippen LogP contribution < -0.4 is 0 Å². The summed E-state index contributed by atoms with van der Waals surface area (Å²) in [7, 11) is 0. The second-order valence-corrected chi connectivity index (χ2v) is 4.89. The molecular weight excluding hydrogens is 222 g/mol. The lowest BCUT2D eigenvalue weighted by Crippen LogP contribution is -2.30. The molecule has 17 heavy (non-hydrogen) atoms. The van der Waals surface area contributed by atoms with E-state index in [9.17, 15) is 13.9 Å². The summed E-state index contributed by atoms with van der Waals surface area (Å²) in [5.74, 6) is -3.09. The van der Waals surface area contributed by atoms with Gasteiger partial charge in [-0.15, -0.1) is 0 Å². The van der Waals surface area contributed by atoms with Crippen LogP contribution in [-0.4, -0.2) is 11.2 Å². The summed E-state index contributed by atoms with van der Waals surface area (Å²) >= 11 is 0. The summed E-state index contributed by atoms with van der Waals surface area (Å²) in [5, 5.41) is 9.75. The first-order valence-electron chi connectivity index (χ1n) is 6.21. The molecule has 1 nitrogen and oxygen atoms in total. The third-order valence-electron chi connectivity index (χ3n) is 3.58. The number of aliphatic hydroxyl groups excluding tert-OH is 1. The molecule has 1 fully saturated rings. The Labute approximate surface area is 100 Å². The van der Waals surface area contributed by atoms with E-state index in [-0.39, 0.29) is 17.9 Å². The first kappa shape index (κ1) is 12.5. The molecule has 94 valence electrons. The van der Waals surface area contributed by atoms with E-state index in [1.807, 2.05) is 0 Å². The highest BCUT2D eigenvalue weighted by Gasteiger charge is 2.37. The Bertz CT molecular complexity index is 350. The number of aliphatic hydroxyl groups is 1. The first-order chi connectivity index (χ1) is 8.09. The number of hydrogen-bond acceptors (Lipinski definition) is 1. The standard InChI is InChI=1S/C14H18F2O/c15-14(16,12-7-2-1-3-8-12)10-11-6-4-5-9-13(11)17/h1-3,7-8,11,13,17H,4-6,9-10H2. The first-order valence-corrected chi connectivity index (χ1v) is 6.21. The number of halogens is 2. The van der Waals surface area contributed by atoms with Gasteiger partial charge in [0.15, 0.2) is 0 Å². The van der Waals surface area contributed by atoms with Gasteiger partial charge in [0.25, 0.3) is 5.92 Å². The minimum Gasteiger partial charge on any atom is -0.393 e. The van der Waals surface area contributed by atoms with Crippen molar-refractivity contribution in [1.82, 2.24) is 0 Å². The monoisotopic (exact) mass is 240 g/mol.